The van der Waals surface area contributed by atoms with Gasteiger partial charge in [-0.25, -0.2) is 4.98 Å². The van der Waals surface area contributed by atoms with E-state index in [-0.39, 0.29) is 5.78 Å². The van der Waals surface area contributed by atoms with Gasteiger partial charge >= 0.3 is 0 Å². The molecule has 0 saturated heterocycles. The highest BCUT2D eigenvalue weighted by atomic mass is 16.6. The van der Waals surface area contributed by atoms with Crippen molar-refractivity contribution in [3.63, 3.8) is 0 Å². The predicted molar refractivity (Wildman–Crippen MR) is 73.3 cm³/mol. The molecule has 0 aliphatic heterocycles. The largest absolute Gasteiger partial charge is 0.490 e. The van der Waals surface area contributed by atoms with Crippen molar-refractivity contribution < 1.29 is 23.7 Å². The van der Waals surface area contributed by atoms with Gasteiger partial charge in [-0.2, -0.15) is 0 Å². The number of nitrogens with zero attached hydrogens (tertiary/aromatic N) is 1. The zero-order chi connectivity index (χ0) is 14.6. The topological polar surface area (TPSA) is 66.9 Å². The molecule has 0 radical (unpaired) electrons. The number of hydrogen-bond acceptors (Lipinski definition) is 6. The van der Waals surface area contributed by atoms with E-state index in [2.05, 4.69) is 4.98 Å². The van der Waals surface area contributed by atoms with Crippen LogP contribution in [0.4, 0.5) is 0 Å². The number of Topliss-reactive ketones (excluding diaryl/α,β-unsaturated/α-hetero) is 1. The molecule has 6 heteroatoms. The molecule has 0 atom stereocenters. The van der Waals surface area contributed by atoms with E-state index in [4.69, 9.17) is 18.9 Å². The number of hydrogen-bond donors (Lipinski definition) is 0. The number of methoxy groups -OCH3 is 1. The van der Waals surface area contributed by atoms with Crippen molar-refractivity contribution in [2.45, 2.75) is 6.92 Å². The third kappa shape index (κ3) is 7.18. The predicted octanol–water partition coefficient (Wildman–Crippen LogP) is 1.34. The second kappa shape index (κ2) is 10.3. The van der Waals surface area contributed by atoms with Crippen LogP contribution in [0, 0.1) is 0 Å². The molecule has 0 fully saturated rings. The normalized spacial score (nSPS) is 10.5. The molecular formula is C14H21NO5. The summed E-state index contributed by atoms with van der Waals surface area (Å²) in [5.74, 6) is 0.559. The van der Waals surface area contributed by atoms with Crippen LogP contribution in [0.3, 0.4) is 0 Å². The molecule has 0 saturated carbocycles. The van der Waals surface area contributed by atoms with Crippen LogP contribution in [-0.4, -0.2) is 57.5 Å². The van der Waals surface area contributed by atoms with Crippen molar-refractivity contribution in [2.75, 3.05) is 46.8 Å². The number of ketones is 1. The smallest absolute Gasteiger partial charge is 0.178 e. The number of carbonyl (C=O) groups is 1. The van der Waals surface area contributed by atoms with Crippen molar-refractivity contribution in [3.8, 4) is 5.75 Å². The lowest BCUT2D eigenvalue weighted by atomic mass is 10.3. The van der Waals surface area contributed by atoms with Gasteiger partial charge < -0.3 is 18.9 Å². The first-order valence-corrected chi connectivity index (χ1v) is 6.48. The summed E-state index contributed by atoms with van der Waals surface area (Å²) < 4.78 is 20.8. The Kier molecular flexibility index (Phi) is 8.53. The van der Waals surface area contributed by atoms with Crippen LogP contribution in [0.2, 0.25) is 0 Å². The standard InChI is InChI=1S/C14H21NO5/c1-12(16)14-4-3-13(11-15-14)20-10-9-19-8-7-18-6-5-17-2/h3-4,11H,5-10H2,1-2H3. The van der Waals surface area contributed by atoms with Crippen LogP contribution in [0.15, 0.2) is 18.3 Å². The Morgan fingerprint density at radius 2 is 1.70 bits per heavy atom. The fourth-order valence-corrected chi connectivity index (χ4v) is 1.36. The molecule has 0 aliphatic carbocycles. The van der Waals surface area contributed by atoms with Crippen molar-refractivity contribution in [1.82, 2.24) is 4.98 Å². The third-order valence-electron chi connectivity index (χ3n) is 2.40. The van der Waals surface area contributed by atoms with Crippen LogP contribution in [-0.2, 0) is 14.2 Å². The zero-order valence-corrected chi connectivity index (χ0v) is 12.0. The monoisotopic (exact) mass is 283 g/mol. The maximum atomic E-state index is 11.0. The van der Waals surface area contributed by atoms with Crippen molar-refractivity contribution in [2.24, 2.45) is 0 Å². The van der Waals surface area contributed by atoms with Gasteiger partial charge in [0.25, 0.3) is 0 Å². The van der Waals surface area contributed by atoms with Gasteiger partial charge in [0.15, 0.2) is 5.78 Å². The number of rotatable bonds is 11. The SMILES string of the molecule is COCCOCCOCCOc1ccc(C(C)=O)nc1. The molecule has 0 amide bonds. The summed E-state index contributed by atoms with van der Waals surface area (Å²) in [5.41, 5.74) is 0.432. The molecule has 0 aliphatic rings. The molecule has 6 nitrogen and oxygen atoms in total. The van der Waals surface area contributed by atoms with E-state index in [9.17, 15) is 4.79 Å². The molecule has 0 spiro atoms. The third-order valence-corrected chi connectivity index (χ3v) is 2.40. The minimum Gasteiger partial charge on any atom is -0.490 e. The summed E-state index contributed by atoms with van der Waals surface area (Å²) in [6.45, 7) is 4.61. The number of ether oxygens (including phenoxy) is 4. The average Bonchev–Trinajstić information content (AvgIpc) is 2.46. The molecule has 112 valence electrons. The van der Waals surface area contributed by atoms with Gasteiger partial charge in [0.05, 0.1) is 39.2 Å². The highest BCUT2D eigenvalue weighted by Gasteiger charge is 2.01. The zero-order valence-electron chi connectivity index (χ0n) is 12.0. The van der Waals surface area contributed by atoms with Gasteiger partial charge in [0.1, 0.15) is 18.1 Å². The highest BCUT2D eigenvalue weighted by Crippen LogP contribution is 2.09. The van der Waals surface area contributed by atoms with Gasteiger partial charge in [-0.3, -0.25) is 4.79 Å². The van der Waals surface area contributed by atoms with E-state index in [1.807, 2.05) is 0 Å². The van der Waals surface area contributed by atoms with Gasteiger partial charge in [-0.05, 0) is 12.1 Å². The minimum absolute atomic E-state index is 0.0617. The second-order valence-electron chi connectivity index (χ2n) is 4.00. The molecule has 1 aromatic heterocycles. The summed E-state index contributed by atoms with van der Waals surface area (Å²) in [7, 11) is 1.63. The fourth-order valence-electron chi connectivity index (χ4n) is 1.36. The van der Waals surface area contributed by atoms with E-state index in [1.165, 1.54) is 13.1 Å². The lowest BCUT2D eigenvalue weighted by Gasteiger charge is -2.07. The Morgan fingerprint density at radius 3 is 2.25 bits per heavy atom. The van der Waals surface area contributed by atoms with Crippen LogP contribution in [0.5, 0.6) is 5.75 Å². The van der Waals surface area contributed by atoms with Crippen LogP contribution < -0.4 is 4.74 Å². The Bertz CT molecular complexity index is 380. The highest BCUT2D eigenvalue weighted by molar-refractivity contribution is 5.92. The first kappa shape index (κ1) is 16.6. The second-order valence-corrected chi connectivity index (χ2v) is 4.00. The summed E-state index contributed by atoms with van der Waals surface area (Å²) >= 11 is 0. The first-order valence-electron chi connectivity index (χ1n) is 6.48. The molecular weight excluding hydrogens is 262 g/mol. The van der Waals surface area contributed by atoms with Crippen LogP contribution in [0.25, 0.3) is 0 Å². The maximum Gasteiger partial charge on any atom is 0.178 e. The van der Waals surface area contributed by atoms with E-state index in [1.54, 1.807) is 19.2 Å². The van der Waals surface area contributed by atoms with Gasteiger partial charge in [-0.15, -0.1) is 0 Å². The van der Waals surface area contributed by atoms with Gasteiger partial charge in [-0.1, -0.05) is 0 Å². The molecule has 0 unspecified atom stereocenters. The summed E-state index contributed by atoms with van der Waals surface area (Å²) in [6, 6.07) is 3.36. The van der Waals surface area contributed by atoms with Crippen molar-refractivity contribution in [1.29, 1.82) is 0 Å². The molecule has 0 N–H and O–H groups in total. The lowest BCUT2D eigenvalue weighted by Crippen LogP contribution is -2.12. The number of carbonyl (C=O) groups excluding carboxylic acids is 1. The van der Waals surface area contributed by atoms with E-state index < -0.39 is 0 Å². The Hall–Kier alpha value is -1.50. The average molecular weight is 283 g/mol. The Morgan fingerprint density at radius 1 is 1.05 bits per heavy atom. The quantitative estimate of drug-likeness (QED) is 0.451. The molecule has 20 heavy (non-hydrogen) atoms. The Labute approximate surface area is 119 Å². The van der Waals surface area contributed by atoms with Gasteiger partial charge in [0.2, 0.25) is 0 Å². The summed E-state index contributed by atoms with van der Waals surface area (Å²) in [4.78, 5) is 15.0. The molecule has 1 aromatic rings. The summed E-state index contributed by atoms with van der Waals surface area (Å²) in [6.07, 6.45) is 1.53. The molecule has 1 rings (SSSR count). The number of pyridine rings is 1. The fraction of sp³-hybridized carbons (Fsp3) is 0.571. The minimum atomic E-state index is -0.0617. The maximum absolute atomic E-state index is 11.0. The Balaban J connectivity index is 2.02. The van der Waals surface area contributed by atoms with Crippen molar-refractivity contribution >= 4 is 5.78 Å². The van der Waals surface area contributed by atoms with Gasteiger partial charge in [0, 0.05) is 14.0 Å². The van der Waals surface area contributed by atoms with Crippen molar-refractivity contribution in [3.05, 3.63) is 24.0 Å². The summed E-state index contributed by atoms with van der Waals surface area (Å²) in [5, 5.41) is 0. The lowest BCUT2D eigenvalue weighted by molar-refractivity contribution is 0.0179. The first-order chi connectivity index (χ1) is 9.74. The van der Waals surface area contributed by atoms with Crippen LogP contribution >= 0.6 is 0 Å². The van der Waals surface area contributed by atoms with Crippen LogP contribution in [0.1, 0.15) is 17.4 Å². The van der Waals surface area contributed by atoms with E-state index in [0.717, 1.165) is 0 Å². The number of aromatic nitrogens is 1. The molecule has 0 bridgehead atoms. The van der Waals surface area contributed by atoms with E-state index in [0.29, 0.717) is 51.1 Å². The molecule has 0 aromatic carbocycles. The molecule has 1 heterocycles. The van der Waals surface area contributed by atoms with E-state index >= 15 is 0 Å².